The normalized spacial score (nSPS) is 10.5. The zero-order valence-corrected chi connectivity index (χ0v) is 10.2. The van der Waals surface area contributed by atoms with Gasteiger partial charge in [-0.3, -0.25) is 0 Å². The van der Waals surface area contributed by atoms with Gasteiger partial charge in [0, 0.05) is 16.5 Å². The molecule has 1 rings (SSSR count). The summed E-state index contributed by atoms with van der Waals surface area (Å²) >= 11 is 7.88. The lowest BCUT2D eigenvalue weighted by Gasteiger charge is -2.09. The number of rotatable bonds is 5. The third kappa shape index (κ3) is 3.19. The van der Waals surface area contributed by atoms with Gasteiger partial charge in [0.15, 0.2) is 0 Å². The Kier molecular flexibility index (Phi) is 5.38. The first-order valence-electron chi connectivity index (χ1n) is 4.81. The summed E-state index contributed by atoms with van der Waals surface area (Å²) in [4.78, 5) is 1.26. The van der Waals surface area contributed by atoms with E-state index in [1.807, 2.05) is 12.1 Å². The summed E-state index contributed by atoms with van der Waals surface area (Å²) < 4.78 is 0. The summed E-state index contributed by atoms with van der Waals surface area (Å²) in [6.45, 7) is 4.07. The van der Waals surface area contributed by atoms with Crippen LogP contribution in [0.2, 0.25) is 5.02 Å². The van der Waals surface area contributed by atoms with Gasteiger partial charge in [0.25, 0.3) is 0 Å². The van der Waals surface area contributed by atoms with Crippen molar-refractivity contribution in [3.05, 3.63) is 28.8 Å². The minimum atomic E-state index is 0.862. The average Bonchev–Trinajstić information content (AvgIpc) is 2.20. The number of thioether (sulfide) groups is 1. The Balaban J connectivity index is 2.72. The fourth-order valence-electron chi connectivity index (χ4n) is 1.29. The van der Waals surface area contributed by atoms with Crippen LogP contribution in [0.4, 0.5) is 0 Å². The smallest absolute Gasteiger partial charge is 0.0462 e. The van der Waals surface area contributed by atoms with Gasteiger partial charge in [-0.25, -0.2) is 0 Å². The van der Waals surface area contributed by atoms with Crippen molar-refractivity contribution in [1.82, 2.24) is 5.32 Å². The molecule has 0 aromatic heterocycles. The minimum absolute atomic E-state index is 0.862. The molecule has 1 nitrogen and oxygen atoms in total. The molecule has 78 valence electrons. The SMILES string of the molecule is CCCNCc1c(Cl)cccc1SC. The number of benzene rings is 1. The number of nitrogens with one attached hydrogen (secondary N) is 1. The molecule has 0 radical (unpaired) electrons. The summed E-state index contributed by atoms with van der Waals surface area (Å²) in [5, 5.41) is 4.23. The minimum Gasteiger partial charge on any atom is -0.313 e. The van der Waals surface area contributed by atoms with Gasteiger partial charge < -0.3 is 5.32 Å². The third-order valence-electron chi connectivity index (χ3n) is 2.02. The highest BCUT2D eigenvalue weighted by Gasteiger charge is 2.04. The van der Waals surface area contributed by atoms with E-state index in [0.29, 0.717) is 0 Å². The van der Waals surface area contributed by atoms with Crippen molar-refractivity contribution in [3.8, 4) is 0 Å². The number of hydrogen-bond acceptors (Lipinski definition) is 2. The molecule has 0 saturated heterocycles. The van der Waals surface area contributed by atoms with Crippen molar-refractivity contribution in [1.29, 1.82) is 0 Å². The first kappa shape index (κ1) is 11.9. The van der Waals surface area contributed by atoms with E-state index in [-0.39, 0.29) is 0 Å². The van der Waals surface area contributed by atoms with Crippen LogP contribution in [0, 0.1) is 0 Å². The van der Waals surface area contributed by atoms with Crippen LogP contribution in [0.5, 0.6) is 0 Å². The maximum atomic E-state index is 6.13. The van der Waals surface area contributed by atoms with Crippen LogP contribution in [0.15, 0.2) is 23.1 Å². The van der Waals surface area contributed by atoms with E-state index in [2.05, 4.69) is 24.6 Å². The van der Waals surface area contributed by atoms with Crippen LogP contribution in [0.3, 0.4) is 0 Å². The second-order valence-corrected chi connectivity index (χ2v) is 4.35. The summed E-state index contributed by atoms with van der Waals surface area (Å²) in [6, 6.07) is 6.06. The molecule has 0 aliphatic carbocycles. The molecule has 0 aliphatic rings. The van der Waals surface area contributed by atoms with Crippen LogP contribution < -0.4 is 5.32 Å². The van der Waals surface area contributed by atoms with Crippen molar-refractivity contribution >= 4 is 23.4 Å². The third-order valence-corrected chi connectivity index (χ3v) is 3.20. The summed E-state index contributed by atoms with van der Waals surface area (Å²) in [5.41, 5.74) is 1.22. The number of hydrogen-bond donors (Lipinski definition) is 1. The molecule has 0 aliphatic heterocycles. The Morgan fingerprint density at radius 1 is 1.43 bits per heavy atom. The molecule has 1 N–H and O–H groups in total. The van der Waals surface area contributed by atoms with Gasteiger partial charge in [0.1, 0.15) is 0 Å². The second kappa shape index (κ2) is 6.33. The molecule has 1 aromatic carbocycles. The van der Waals surface area contributed by atoms with Crippen molar-refractivity contribution in [3.63, 3.8) is 0 Å². The lowest BCUT2D eigenvalue weighted by molar-refractivity contribution is 0.669. The van der Waals surface area contributed by atoms with Crippen LogP contribution in [0.1, 0.15) is 18.9 Å². The van der Waals surface area contributed by atoms with E-state index >= 15 is 0 Å². The summed E-state index contributed by atoms with van der Waals surface area (Å²) in [7, 11) is 0. The largest absolute Gasteiger partial charge is 0.313 e. The van der Waals surface area contributed by atoms with Gasteiger partial charge in [-0.05, 0) is 36.9 Å². The summed E-state index contributed by atoms with van der Waals surface area (Å²) in [6.07, 6.45) is 3.23. The van der Waals surface area contributed by atoms with Crippen molar-refractivity contribution in [2.24, 2.45) is 0 Å². The Bertz CT molecular complexity index is 289. The van der Waals surface area contributed by atoms with E-state index in [1.54, 1.807) is 11.8 Å². The second-order valence-electron chi connectivity index (χ2n) is 3.10. The van der Waals surface area contributed by atoms with Gasteiger partial charge in [0.05, 0.1) is 0 Å². The molecule has 1 aromatic rings. The standard InChI is InChI=1S/C11H16ClNS/c1-3-7-13-8-9-10(12)5-4-6-11(9)14-2/h4-6,13H,3,7-8H2,1-2H3. The van der Waals surface area contributed by atoms with Gasteiger partial charge >= 0.3 is 0 Å². The Morgan fingerprint density at radius 3 is 2.86 bits per heavy atom. The molecule has 3 heteroatoms. The maximum Gasteiger partial charge on any atom is 0.0462 e. The maximum absolute atomic E-state index is 6.13. The molecule has 0 fully saturated rings. The van der Waals surface area contributed by atoms with Crippen LogP contribution in [0.25, 0.3) is 0 Å². The van der Waals surface area contributed by atoms with E-state index in [9.17, 15) is 0 Å². The molecular formula is C11H16ClNS. The fourth-order valence-corrected chi connectivity index (χ4v) is 2.23. The zero-order chi connectivity index (χ0) is 10.4. The Hall–Kier alpha value is -0.180. The average molecular weight is 230 g/mol. The number of halogens is 1. The quantitative estimate of drug-likeness (QED) is 0.612. The first-order chi connectivity index (χ1) is 6.79. The van der Waals surface area contributed by atoms with Crippen molar-refractivity contribution < 1.29 is 0 Å². The van der Waals surface area contributed by atoms with Crippen LogP contribution >= 0.6 is 23.4 Å². The zero-order valence-electron chi connectivity index (χ0n) is 8.64. The highest BCUT2D eigenvalue weighted by Crippen LogP contribution is 2.26. The van der Waals surface area contributed by atoms with E-state index in [0.717, 1.165) is 24.5 Å². The molecule has 14 heavy (non-hydrogen) atoms. The van der Waals surface area contributed by atoms with Crippen molar-refractivity contribution in [2.75, 3.05) is 12.8 Å². The molecule has 0 spiro atoms. The molecule has 0 heterocycles. The topological polar surface area (TPSA) is 12.0 Å². The predicted octanol–water partition coefficient (Wildman–Crippen LogP) is 3.56. The van der Waals surface area contributed by atoms with Crippen molar-refractivity contribution in [2.45, 2.75) is 24.8 Å². The molecule has 0 amide bonds. The van der Waals surface area contributed by atoms with Gasteiger partial charge in [0.2, 0.25) is 0 Å². The van der Waals surface area contributed by atoms with E-state index in [4.69, 9.17) is 11.6 Å². The van der Waals surface area contributed by atoms with Crippen LogP contribution in [-0.4, -0.2) is 12.8 Å². The monoisotopic (exact) mass is 229 g/mol. The molecule has 0 atom stereocenters. The molecular weight excluding hydrogens is 214 g/mol. The fraction of sp³-hybridized carbons (Fsp3) is 0.455. The summed E-state index contributed by atoms with van der Waals surface area (Å²) in [5.74, 6) is 0. The molecule has 0 unspecified atom stereocenters. The highest BCUT2D eigenvalue weighted by atomic mass is 35.5. The predicted molar refractivity (Wildman–Crippen MR) is 65.2 cm³/mol. The molecule has 0 saturated carbocycles. The lowest BCUT2D eigenvalue weighted by Crippen LogP contribution is -2.14. The van der Waals surface area contributed by atoms with E-state index < -0.39 is 0 Å². The van der Waals surface area contributed by atoms with Gasteiger partial charge in [-0.1, -0.05) is 24.6 Å². The highest BCUT2D eigenvalue weighted by molar-refractivity contribution is 7.98. The lowest BCUT2D eigenvalue weighted by atomic mass is 10.2. The van der Waals surface area contributed by atoms with Crippen LogP contribution in [-0.2, 0) is 6.54 Å². The molecule has 0 bridgehead atoms. The van der Waals surface area contributed by atoms with Gasteiger partial charge in [-0.2, -0.15) is 0 Å². The Labute approximate surface area is 95.2 Å². The van der Waals surface area contributed by atoms with E-state index in [1.165, 1.54) is 10.5 Å². The Morgan fingerprint density at radius 2 is 2.21 bits per heavy atom. The van der Waals surface area contributed by atoms with Gasteiger partial charge in [-0.15, -0.1) is 11.8 Å². The first-order valence-corrected chi connectivity index (χ1v) is 6.42.